The number of hydrogen-bond donors (Lipinski definition) is 1. The van der Waals surface area contributed by atoms with E-state index in [1.165, 1.54) is 11.3 Å². The molecule has 0 radical (unpaired) electrons. The molecule has 0 aromatic carbocycles. The minimum atomic E-state index is -0.0608. The number of anilines is 1. The van der Waals surface area contributed by atoms with E-state index in [2.05, 4.69) is 57.8 Å². The number of nitrogens with one attached hydrogen (secondary N) is 1. The van der Waals surface area contributed by atoms with Crippen molar-refractivity contribution in [2.45, 2.75) is 60.5 Å². The maximum absolute atomic E-state index is 5.65. The molecule has 1 N–H and O–H groups in total. The van der Waals surface area contributed by atoms with Gasteiger partial charge in [-0.05, 0) is 44.2 Å². The lowest BCUT2D eigenvalue weighted by molar-refractivity contribution is 0.115. The molecule has 5 nitrogen and oxygen atoms in total. The van der Waals surface area contributed by atoms with Crippen LogP contribution >= 0.6 is 0 Å². The standard InChI is InChI=1S/C23H39N3O2/c1-8-23(5,6)15-17(3)21(24-9-2)20-14-19(26-10-12-28-13-11-26)16-25-22(20)18(4)27-7/h14,16,18,24H,8-13,15H2,1-7H3/b21-17+/t18-/m0/s1. The van der Waals surface area contributed by atoms with Gasteiger partial charge in [0.05, 0.1) is 36.9 Å². The third-order valence-electron chi connectivity index (χ3n) is 5.77. The van der Waals surface area contributed by atoms with Gasteiger partial charge in [0, 0.05) is 38.0 Å². The van der Waals surface area contributed by atoms with E-state index in [0.29, 0.717) is 0 Å². The van der Waals surface area contributed by atoms with Crippen LogP contribution < -0.4 is 10.2 Å². The van der Waals surface area contributed by atoms with Crippen LogP contribution in [0.25, 0.3) is 5.70 Å². The van der Waals surface area contributed by atoms with Crippen LogP contribution in [0.4, 0.5) is 5.69 Å². The summed E-state index contributed by atoms with van der Waals surface area (Å²) in [5, 5.41) is 3.64. The number of pyridine rings is 1. The minimum absolute atomic E-state index is 0.0608. The van der Waals surface area contributed by atoms with Crippen molar-refractivity contribution in [2.75, 3.05) is 44.9 Å². The van der Waals surface area contributed by atoms with E-state index in [-0.39, 0.29) is 11.5 Å². The molecule has 28 heavy (non-hydrogen) atoms. The third kappa shape index (κ3) is 5.71. The average Bonchev–Trinajstić information content (AvgIpc) is 2.71. The highest BCUT2D eigenvalue weighted by atomic mass is 16.5. The quantitative estimate of drug-likeness (QED) is 0.658. The van der Waals surface area contributed by atoms with E-state index in [0.717, 1.165) is 62.6 Å². The topological polar surface area (TPSA) is 46.6 Å². The summed E-state index contributed by atoms with van der Waals surface area (Å²) in [5.74, 6) is 0. The molecule has 0 bridgehead atoms. The summed E-state index contributed by atoms with van der Waals surface area (Å²) in [6.45, 7) is 17.6. The fourth-order valence-corrected chi connectivity index (χ4v) is 3.68. The van der Waals surface area contributed by atoms with Crippen molar-refractivity contribution in [2.24, 2.45) is 5.41 Å². The van der Waals surface area contributed by atoms with Gasteiger partial charge in [-0.1, -0.05) is 27.2 Å². The van der Waals surface area contributed by atoms with E-state index >= 15 is 0 Å². The second-order valence-electron chi connectivity index (χ2n) is 8.48. The first kappa shape index (κ1) is 22.7. The highest BCUT2D eigenvalue weighted by Gasteiger charge is 2.23. The molecule has 1 aromatic rings. The highest BCUT2D eigenvalue weighted by molar-refractivity contribution is 5.72. The van der Waals surface area contributed by atoms with E-state index < -0.39 is 0 Å². The van der Waals surface area contributed by atoms with Gasteiger partial charge in [-0.2, -0.15) is 0 Å². The lowest BCUT2D eigenvalue weighted by Gasteiger charge is -2.30. The molecule has 1 atom stereocenters. The van der Waals surface area contributed by atoms with Gasteiger partial charge in [-0.3, -0.25) is 4.98 Å². The molecule has 0 unspecified atom stereocenters. The summed E-state index contributed by atoms with van der Waals surface area (Å²) in [6, 6.07) is 2.28. The van der Waals surface area contributed by atoms with E-state index in [9.17, 15) is 0 Å². The normalized spacial score (nSPS) is 17.3. The summed E-state index contributed by atoms with van der Waals surface area (Å²) < 4.78 is 11.2. The number of aromatic nitrogens is 1. The largest absolute Gasteiger partial charge is 0.385 e. The maximum atomic E-state index is 5.65. The molecule has 2 heterocycles. The van der Waals surface area contributed by atoms with Gasteiger partial charge < -0.3 is 19.7 Å². The van der Waals surface area contributed by atoms with Crippen molar-refractivity contribution in [3.05, 3.63) is 29.1 Å². The Kier molecular flexibility index (Phi) is 8.32. The molecule has 0 spiro atoms. The second-order valence-corrected chi connectivity index (χ2v) is 8.48. The number of nitrogens with zero attached hydrogens (tertiary/aromatic N) is 2. The first-order valence-corrected chi connectivity index (χ1v) is 10.6. The van der Waals surface area contributed by atoms with Crippen LogP contribution in [0.5, 0.6) is 0 Å². The highest BCUT2D eigenvalue weighted by Crippen LogP contribution is 2.34. The van der Waals surface area contributed by atoms with Crippen molar-refractivity contribution in [1.82, 2.24) is 10.3 Å². The predicted molar refractivity (Wildman–Crippen MR) is 118 cm³/mol. The molecule has 0 amide bonds. The Morgan fingerprint density at radius 3 is 2.57 bits per heavy atom. The minimum Gasteiger partial charge on any atom is -0.385 e. The second kappa shape index (κ2) is 10.3. The first-order chi connectivity index (χ1) is 13.3. The van der Waals surface area contributed by atoms with Gasteiger partial charge in [-0.15, -0.1) is 0 Å². The van der Waals surface area contributed by atoms with Crippen LogP contribution in [0, 0.1) is 5.41 Å². The molecule has 158 valence electrons. The lowest BCUT2D eigenvalue weighted by atomic mass is 9.82. The maximum Gasteiger partial charge on any atom is 0.0969 e. The van der Waals surface area contributed by atoms with Crippen molar-refractivity contribution in [1.29, 1.82) is 0 Å². The molecule has 1 saturated heterocycles. The molecule has 0 saturated carbocycles. The number of morpholine rings is 1. The molecule has 1 aromatic heterocycles. The molecule has 1 aliphatic rings. The van der Waals surface area contributed by atoms with Crippen LogP contribution in [-0.2, 0) is 9.47 Å². The van der Waals surface area contributed by atoms with E-state index in [1.54, 1.807) is 7.11 Å². The summed E-state index contributed by atoms with van der Waals surface area (Å²) in [5.41, 5.74) is 6.15. The van der Waals surface area contributed by atoms with Crippen LogP contribution in [0.2, 0.25) is 0 Å². The van der Waals surface area contributed by atoms with Crippen LogP contribution in [0.15, 0.2) is 17.8 Å². The van der Waals surface area contributed by atoms with Crippen molar-refractivity contribution in [3.8, 4) is 0 Å². The molecule has 1 fully saturated rings. The van der Waals surface area contributed by atoms with Crippen molar-refractivity contribution < 1.29 is 9.47 Å². The molecular formula is C23H39N3O2. The van der Waals surface area contributed by atoms with Crippen molar-refractivity contribution in [3.63, 3.8) is 0 Å². The summed E-state index contributed by atoms with van der Waals surface area (Å²) in [7, 11) is 1.75. The zero-order valence-electron chi connectivity index (χ0n) is 18.9. The monoisotopic (exact) mass is 389 g/mol. The fraction of sp³-hybridized carbons (Fsp3) is 0.696. The van der Waals surface area contributed by atoms with Gasteiger partial charge in [0.25, 0.3) is 0 Å². The Balaban J connectivity index is 2.54. The number of methoxy groups -OCH3 is 1. The zero-order valence-corrected chi connectivity index (χ0v) is 18.9. The van der Waals surface area contributed by atoms with Crippen LogP contribution in [0.1, 0.15) is 71.7 Å². The first-order valence-electron chi connectivity index (χ1n) is 10.6. The molecule has 1 aliphatic heterocycles. The Bertz CT molecular complexity index is 664. The smallest absolute Gasteiger partial charge is 0.0969 e. The van der Waals surface area contributed by atoms with Gasteiger partial charge in [0.15, 0.2) is 0 Å². The fourth-order valence-electron chi connectivity index (χ4n) is 3.68. The van der Waals surface area contributed by atoms with Crippen LogP contribution in [0.3, 0.4) is 0 Å². The van der Waals surface area contributed by atoms with Crippen molar-refractivity contribution >= 4 is 11.4 Å². The van der Waals surface area contributed by atoms with Gasteiger partial charge in [-0.25, -0.2) is 0 Å². The Morgan fingerprint density at radius 2 is 2.00 bits per heavy atom. The third-order valence-corrected chi connectivity index (χ3v) is 5.77. The summed E-state index contributed by atoms with van der Waals surface area (Å²) >= 11 is 0. The number of ether oxygens (including phenoxy) is 2. The number of hydrogen-bond acceptors (Lipinski definition) is 5. The molecule has 5 heteroatoms. The Labute approximate surface area is 171 Å². The Hall–Kier alpha value is -1.59. The molecule has 2 rings (SSSR count). The number of rotatable bonds is 9. The summed E-state index contributed by atoms with van der Waals surface area (Å²) in [4.78, 5) is 7.20. The zero-order chi connectivity index (χ0) is 20.7. The molecule has 0 aliphatic carbocycles. The van der Waals surface area contributed by atoms with Gasteiger partial charge >= 0.3 is 0 Å². The Morgan fingerprint density at radius 1 is 1.32 bits per heavy atom. The average molecular weight is 390 g/mol. The van der Waals surface area contributed by atoms with Gasteiger partial charge in [0.2, 0.25) is 0 Å². The molecular weight excluding hydrogens is 350 g/mol. The predicted octanol–water partition coefficient (Wildman–Crippen LogP) is 4.79. The lowest BCUT2D eigenvalue weighted by Crippen LogP contribution is -2.36. The summed E-state index contributed by atoms with van der Waals surface area (Å²) in [6.07, 6.45) is 4.12. The van der Waals surface area contributed by atoms with Crippen LogP contribution in [-0.4, -0.2) is 44.9 Å². The SMILES string of the molecule is CCN/C(=C(\C)CC(C)(C)CC)c1cc(N2CCOCC2)cnc1[C@H](C)OC. The number of allylic oxidation sites excluding steroid dienone is 1. The van der Waals surface area contributed by atoms with E-state index in [4.69, 9.17) is 14.5 Å². The van der Waals surface area contributed by atoms with Gasteiger partial charge in [0.1, 0.15) is 0 Å². The van der Waals surface area contributed by atoms with E-state index in [1.807, 2.05) is 6.20 Å².